The van der Waals surface area contributed by atoms with E-state index < -0.39 is 23.6 Å². The maximum absolute atomic E-state index is 14.7. The Bertz CT molecular complexity index is 1710. The number of nitrogens with zero attached hydrogens (tertiary/aromatic N) is 6. The normalized spacial score (nSPS) is 11.8. The van der Waals surface area contributed by atoms with Crippen LogP contribution in [-0.2, 0) is 13.1 Å². The molecule has 0 aliphatic heterocycles. The van der Waals surface area contributed by atoms with E-state index in [2.05, 4.69) is 21.3 Å². The monoisotopic (exact) mass is 522 g/mol. The van der Waals surface area contributed by atoms with Crippen LogP contribution >= 0.6 is 0 Å². The van der Waals surface area contributed by atoms with Crippen molar-refractivity contribution >= 4 is 16.8 Å². The van der Waals surface area contributed by atoms with Gasteiger partial charge in [-0.3, -0.25) is 4.79 Å². The molecule has 194 valence electrons. The third-order valence-corrected chi connectivity index (χ3v) is 6.66. The Kier molecular flexibility index (Phi) is 7.10. The van der Waals surface area contributed by atoms with Crippen LogP contribution in [0, 0.1) is 29.9 Å². The standard InChI is InChI=1S/C30H24F2N6O/c1-19(29-36-35-20(2)38(29)17-22-9-7-21(16-33)8-10-22)37(18-24-11-13-25(31)15-26(24)32)30(39)28-14-12-23-5-3-4-6-27(23)34-28/h3-15,19H,17-18H2,1-2H3. The highest BCUT2D eigenvalue weighted by molar-refractivity contribution is 5.95. The van der Waals surface area contributed by atoms with E-state index in [1.807, 2.05) is 54.0 Å². The number of aromatic nitrogens is 4. The molecule has 0 fully saturated rings. The number of pyridine rings is 1. The van der Waals surface area contributed by atoms with Crippen LogP contribution in [0.25, 0.3) is 10.9 Å². The van der Waals surface area contributed by atoms with Gasteiger partial charge in [0.2, 0.25) is 0 Å². The van der Waals surface area contributed by atoms with E-state index in [0.717, 1.165) is 23.1 Å². The summed E-state index contributed by atoms with van der Waals surface area (Å²) in [5, 5.41) is 18.6. The van der Waals surface area contributed by atoms with Crippen molar-refractivity contribution in [2.45, 2.75) is 33.0 Å². The first-order valence-electron chi connectivity index (χ1n) is 12.3. The molecule has 1 atom stereocenters. The van der Waals surface area contributed by atoms with Crippen molar-refractivity contribution in [3.05, 3.63) is 125 Å². The zero-order valence-corrected chi connectivity index (χ0v) is 21.3. The van der Waals surface area contributed by atoms with Gasteiger partial charge in [-0.15, -0.1) is 10.2 Å². The number of aryl methyl sites for hydroxylation is 1. The van der Waals surface area contributed by atoms with Gasteiger partial charge in [0, 0.05) is 23.6 Å². The largest absolute Gasteiger partial charge is 0.323 e. The Morgan fingerprint density at radius 1 is 1.03 bits per heavy atom. The highest BCUT2D eigenvalue weighted by Crippen LogP contribution is 2.26. The van der Waals surface area contributed by atoms with Crippen molar-refractivity contribution in [2.75, 3.05) is 0 Å². The molecule has 39 heavy (non-hydrogen) atoms. The maximum atomic E-state index is 14.7. The lowest BCUT2D eigenvalue weighted by Crippen LogP contribution is -2.35. The summed E-state index contributed by atoms with van der Waals surface area (Å²) in [4.78, 5) is 19.9. The molecule has 7 nitrogen and oxygen atoms in total. The SMILES string of the molecule is Cc1nnc(C(C)N(Cc2ccc(F)cc2F)C(=O)c2ccc3ccccc3n2)n1Cc1ccc(C#N)cc1. The van der Waals surface area contributed by atoms with E-state index in [1.165, 1.54) is 11.0 Å². The number of hydrogen-bond acceptors (Lipinski definition) is 5. The minimum absolute atomic E-state index is 0.136. The molecule has 1 amide bonds. The summed E-state index contributed by atoms with van der Waals surface area (Å²) in [6.45, 7) is 3.87. The van der Waals surface area contributed by atoms with E-state index >= 15 is 0 Å². The van der Waals surface area contributed by atoms with Crippen LogP contribution in [0.3, 0.4) is 0 Å². The van der Waals surface area contributed by atoms with Crippen molar-refractivity contribution in [3.63, 3.8) is 0 Å². The highest BCUT2D eigenvalue weighted by atomic mass is 19.1. The number of amides is 1. The van der Waals surface area contributed by atoms with Crippen LogP contribution in [0.5, 0.6) is 0 Å². The van der Waals surface area contributed by atoms with E-state index in [1.54, 1.807) is 25.1 Å². The van der Waals surface area contributed by atoms with E-state index in [9.17, 15) is 13.6 Å². The van der Waals surface area contributed by atoms with Crippen molar-refractivity contribution in [1.29, 1.82) is 5.26 Å². The molecular formula is C30H24F2N6O. The van der Waals surface area contributed by atoms with Gasteiger partial charge in [-0.2, -0.15) is 5.26 Å². The number of carbonyl (C=O) groups excluding carboxylic acids is 1. The molecule has 2 heterocycles. The molecule has 1 unspecified atom stereocenters. The van der Waals surface area contributed by atoms with Gasteiger partial charge in [0.1, 0.15) is 23.2 Å². The quantitative estimate of drug-likeness (QED) is 0.272. The summed E-state index contributed by atoms with van der Waals surface area (Å²) in [6, 6.07) is 22.8. The summed E-state index contributed by atoms with van der Waals surface area (Å²) in [5.74, 6) is -0.751. The van der Waals surface area contributed by atoms with Gasteiger partial charge < -0.3 is 9.47 Å². The Morgan fingerprint density at radius 3 is 2.54 bits per heavy atom. The van der Waals surface area contributed by atoms with Gasteiger partial charge in [-0.05, 0) is 49.7 Å². The fraction of sp³-hybridized carbons (Fsp3) is 0.167. The fourth-order valence-corrected chi connectivity index (χ4v) is 4.46. The molecule has 0 aliphatic rings. The molecule has 0 bridgehead atoms. The molecular weight excluding hydrogens is 498 g/mol. The van der Waals surface area contributed by atoms with E-state index in [-0.39, 0.29) is 17.8 Å². The van der Waals surface area contributed by atoms with Crippen LogP contribution in [0.1, 0.15) is 51.8 Å². The first-order chi connectivity index (χ1) is 18.8. The predicted octanol–water partition coefficient (Wildman–Crippen LogP) is 5.74. The van der Waals surface area contributed by atoms with Gasteiger partial charge in [0.15, 0.2) is 5.82 Å². The number of rotatable bonds is 7. The molecule has 2 aromatic heterocycles. The fourth-order valence-electron chi connectivity index (χ4n) is 4.46. The predicted molar refractivity (Wildman–Crippen MR) is 141 cm³/mol. The lowest BCUT2D eigenvalue weighted by molar-refractivity contribution is 0.0655. The zero-order valence-electron chi connectivity index (χ0n) is 21.3. The topological polar surface area (TPSA) is 87.7 Å². The van der Waals surface area contributed by atoms with E-state index in [4.69, 9.17) is 5.26 Å². The summed E-state index contributed by atoms with van der Waals surface area (Å²) in [7, 11) is 0. The summed E-state index contributed by atoms with van der Waals surface area (Å²) in [5.41, 5.74) is 2.48. The number of halogens is 2. The highest BCUT2D eigenvalue weighted by Gasteiger charge is 2.29. The second kappa shape index (κ2) is 10.8. The van der Waals surface area contributed by atoms with Crippen LogP contribution in [-0.4, -0.2) is 30.6 Å². The van der Waals surface area contributed by atoms with Gasteiger partial charge in [-0.1, -0.05) is 42.5 Å². The second-order valence-electron chi connectivity index (χ2n) is 9.23. The zero-order chi connectivity index (χ0) is 27.5. The number of hydrogen-bond donors (Lipinski definition) is 0. The third-order valence-electron chi connectivity index (χ3n) is 6.66. The Balaban J connectivity index is 1.53. The average Bonchev–Trinajstić information content (AvgIpc) is 3.31. The van der Waals surface area contributed by atoms with Crippen LogP contribution in [0.2, 0.25) is 0 Å². The molecule has 3 aromatic carbocycles. The molecule has 5 rings (SSSR count). The van der Waals surface area contributed by atoms with Crippen LogP contribution < -0.4 is 0 Å². The molecule has 0 spiro atoms. The minimum Gasteiger partial charge on any atom is -0.323 e. The first kappa shape index (κ1) is 25.7. The molecule has 0 saturated heterocycles. The average molecular weight is 523 g/mol. The maximum Gasteiger partial charge on any atom is 0.273 e. The number of nitriles is 1. The summed E-state index contributed by atoms with van der Waals surface area (Å²) >= 11 is 0. The molecule has 0 aliphatic carbocycles. The molecule has 9 heteroatoms. The van der Waals surface area contributed by atoms with Crippen LogP contribution in [0.4, 0.5) is 8.78 Å². The Labute approximate surface area is 224 Å². The van der Waals surface area contributed by atoms with Gasteiger partial charge >= 0.3 is 0 Å². The minimum atomic E-state index is -0.748. The molecule has 0 saturated carbocycles. The second-order valence-corrected chi connectivity index (χ2v) is 9.23. The van der Waals surface area contributed by atoms with Gasteiger partial charge in [0.25, 0.3) is 5.91 Å². The first-order valence-corrected chi connectivity index (χ1v) is 12.3. The third kappa shape index (κ3) is 5.36. The number of para-hydroxylation sites is 1. The van der Waals surface area contributed by atoms with Crippen molar-refractivity contribution in [2.24, 2.45) is 0 Å². The van der Waals surface area contributed by atoms with Crippen LogP contribution in [0.15, 0.2) is 78.9 Å². The van der Waals surface area contributed by atoms with E-state index in [0.29, 0.717) is 29.3 Å². The lowest BCUT2D eigenvalue weighted by atomic mass is 10.1. The molecule has 0 radical (unpaired) electrons. The number of carbonyl (C=O) groups is 1. The number of fused-ring (bicyclic) bond motifs is 1. The lowest BCUT2D eigenvalue weighted by Gasteiger charge is -2.29. The van der Waals surface area contributed by atoms with Gasteiger partial charge in [0.05, 0.1) is 29.7 Å². The van der Waals surface area contributed by atoms with Crippen molar-refractivity contribution in [3.8, 4) is 6.07 Å². The van der Waals surface area contributed by atoms with Crippen molar-refractivity contribution < 1.29 is 13.6 Å². The molecule has 0 N–H and O–H groups in total. The smallest absolute Gasteiger partial charge is 0.273 e. The van der Waals surface area contributed by atoms with Crippen molar-refractivity contribution in [1.82, 2.24) is 24.6 Å². The summed E-state index contributed by atoms with van der Waals surface area (Å²) in [6.07, 6.45) is 0. The Morgan fingerprint density at radius 2 is 1.79 bits per heavy atom. The Hall–Kier alpha value is -4.97. The van der Waals surface area contributed by atoms with Gasteiger partial charge in [-0.25, -0.2) is 13.8 Å². The summed E-state index contributed by atoms with van der Waals surface area (Å²) < 4.78 is 30.2. The molecule has 5 aromatic rings. The number of benzene rings is 3.